The molecule has 29 heavy (non-hydrogen) atoms. The maximum absolute atomic E-state index is 13.0. The van der Waals surface area contributed by atoms with Gasteiger partial charge in [0.05, 0.1) is 11.9 Å². The number of alkyl halides is 2. The summed E-state index contributed by atoms with van der Waals surface area (Å²) in [5.41, 5.74) is 7.21. The first-order valence-corrected chi connectivity index (χ1v) is 9.91. The van der Waals surface area contributed by atoms with E-state index in [1.807, 2.05) is 19.9 Å². The van der Waals surface area contributed by atoms with Crippen molar-refractivity contribution in [3.8, 4) is 0 Å². The van der Waals surface area contributed by atoms with E-state index in [-0.39, 0.29) is 29.7 Å². The molecule has 160 valence electrons. The van der Waals surface area contributed by atoms with Crippen molar-refractivity contribution in [2.24, 2.45) is 11.7 Å². The predicted octanol–water partition coefficient (Wildman–Crippen LogP) is 5.39. The lowest BCUT2D eigenvalue weighted by molar-refractivity contribution is 0.0645. The van der Waals surface area contributed by atoms with Crippen molar-refractivity contribution < 1.29 is 18.3 Å². The molecule has 1 fully saturated rings. The summed E-state index contributed by atoms with van der Waals surface area (Å²) in [7, 11) is 0. The molecule has 1 saturated carbocycles. The molecule has 0 heterocycles. The number of carbonyl (C=O) groups is 1. The number of urea groups is 1. The van der Waals surface area contributed by atoms with Crippen LogP contribution >= 0.6 is 0 Å². The fourth-order valence-electron chi connectivity index (χ4n) is 3.44. The van der Waals surface area contributed by atoms with E-state index in [4.69, 9.17) is 10.5 Å². The van der Waals surface area contributed by atoms with Crippen molar-refractivity contribution in [2.45, 2.75) is 65.0 Å². The number of anilines is 1. The lowest BCUT2D eigenvalue weighted by Gasteiger charge is -2.31. The summed E-state index contributed by atoms with van der Waals surface area (Å²) in [5, 5.41) is 5.55. The van der Waals surface area contributed by atoms with Crippen molar-refractivity contribution in [1.82, 2.24) is 5.32 Å². The summed E-state index contributed by atoms with van der Waals surface area (Å²) in [5.74, 6) is 0.743. The highest BCUT2D eigenvalue weighted by atomic mass is 19.3. The largest absolute Gasteiger partial charge is 0.495 e. The van der Waals surface area contributed by atoms with E-state index in [1.165, 1.54) is 6.07 Å². The average Bonchev–Trinajstić information content (AvgIpc) is 2.64. The van der Waals surface area contributed by atoms with Gasteiger partial charge in [0.25, 0.3) is 6.43 Å². The van der Waals surface area contributed by atoms with Gasteiger partial charge < -0.3 is 21.1 Å². The van der Waals surface area contributed by atoms with Crippen LogP contribution in [0.5, 0.6) is 0 Å². The second kappa shape index (κ2) is 10.3. The first-order chi connectivity index (χ1) is 13.7. The van der Waals surface area contributed by atoms with E-state index in [0.29, 0.717) is 17.0 Å². The summed E-state index contributed by atoms with van der Waals surface area (Å²) >= 11 is 0. The first kappa shape index (κ1) is 22.7. The zero-order chi connectivity index (χ0) is 21.6. The third kappa shape index (κ3) is 7.07. The lowest BCUT2D eigenvalue weighted by Crippen LogP contribution is -2.41. The van der Waals surface area contributed by atoms with Crippen LogP contribution in [0.2, 0.25) is 0 Å². The van der Waals surface area contributed by atoms with Crippen molar-refractivity contribution in [2.75, 3.05) is 5.32 Å². The second-order valence-corrected chi connectivity index (χ2v) is 7.73. The topological polar surface area (TPSA) is 76.4 Å². The van der Waals surface area contributed by atoms with Crippen LogP contribution in [0.15, 0.2) is 42.3 Å². The molecule has 7 heteroatoms. The van der Waals surface area contributed by atoms with Gasteiger partial charge in [-0.3, -0.25) is 0 Å². The van der Waals surface area contributed by atoms with Gasteiger partial charge in [-0.2, -0.15) is 0 Å². The lowest BCUT2D eigenvalue weighted by atomic mass is 9.93. The van der Waals surface area contributed by atoms with Crippen LogP contribution in [0.4, 0.5) is 19.3 Å². The molecule has 1 aromatic carbocycles. The van der Waals surface area contributed by atoms with Gasteiger partial charge in [-0.15, -0.1) is 0 Å². The Labute approximate surface area is 171 Å². The monoisotopic (exact) mass is 407 g/mol. The molecule has 4 N–H and O–H groups in total. The Kier molecular flexibility index (Phi) is 8.05. The van der Waals surface area contributed by atoms with Crippen LogP contribution in [0, 0.1) is 12.8 Å². The van der Waals surface area contributed by atoms with Gasteiger partial charge >= 0.3 is 6.03 Å². The van der Waals surface area contributed by atoms with E-state index in [0.717, 1.165) is 31.4 Å². The number of allylic oxidation sites excluding steroid dienone is 2. The molecule has 0 spiro atoms. The molecule has 5 nitrogen and oxygen atoms in total. The Morgan fingerprint density at radius 1 is 1.31 bits per heavy atom. The quantitative estimate of drug-likeness (QED) is 0.530. The maximum atomic E-state index is 13.0. The normalized spacial score (nSPS) is 20.8. The van der Waals surface area contributed by atoms with Crippen LogP contribution in [0.1, 0.15) is 57.1 Å². The van der Waals surface area contributed by atoms with E-state index >= 15 is 0 Å². The first-order valence-electron chi connectivity index (χ1n) is 9.91. The van der Waals surface area contributed by atoms with Gasteiger partial charge in [-0.05, 0) is 57.2 Å². The molecule has 1 aromatic rings. The Morgan fingerprint density at radius 2 is 1.97 bits per heavy atom. The van der Waals surface area contributed by atoms with Crippen LogP contribution in [0.25, 0.3) is 0 Å². The number of nitrogens with two attached hydrogens (primary N) is 1. The smallest absolute Gasteiger partial charge is 0.319 e. The van der Waals surface area contributed by atoms with E-state index in [9.17, 15) is 13.6 Å². The molecule has 2 rings (SSSR count). The molecule has 0 unspecified atom stereocenters. The minimum absolute atomic E-state index is 0.0201. The molecular weight excluding hydrogens is 376 g/mol. The highest BCUT2D eigenvalue weighted by molar-refractivity contribution is 5.89. The van der Waals surface area contributed by atoms with E-state index in [1.54, 1.807) is 19.1 Å². The van der Waals surface area contributed by atoms with Crippen molar-refractivity contribution >= 4 is 11.7 Å². The number of halogens is 2. The molecule has 0 radical (unpaired) electrons. The Morgan fingerprint density at radius 3 is 2.55 bits per heavy atom. The second-order valence-electron chi connectivity index (χ2n) is 7.73. The summed E-state index contributed by atoms with van der Waals surface area (Å²) in [6, 6.07) is 4.14. The van der Waals surface area contributed by atoms with Gasteiger partial charge in [0.15, 0.2) is 0 Å². The average molecular weight is 408 g/mol. The maximum Gasteiger partial charge on any atom is 0.319 e. The summed E-state index contributed by atoms with van der Waals surface area (Å²) in [6.45, 7) is 9.42. The minimum Gasteiger partial charge on any atom is -0.495 e. The third-order valence-corrected chi connectivity index (χ3v) is 5.12. The molecule has 1 atom stereocenters. The molecule has 0 aromatic heterocycles. The zero-order valence-electron chi connectivity index (χ0n) is 17.3. The van der Waals surface area contributed by atoms with E-state index in [2.05, 4.69) is 17.2 Å². The number of aryl methyl sites for hydroxylation is 1. The molecule has 2 amide bonds. The van der Waals surface area contributed by atoms with Crippen LogP contribution < -0.4 is 16.4 Å². The van der Waals surface area contributed by atoms with Gasteiger partial charge in [0, 0.05) is 28.9 Å². The van der Waals surface area contributed by atoms with Crippen molar-refractivity contribution in [3.63, 3.8) is 0 Å². The number of ether oxygens (including phenoxy) is 1. The summed E-state index contributed by atoms with van der Waals surface area (Å²) < 4.78 is 32.0. The molecule has 0 bridgehead atoms. The Balaban J connectivity index is 1.79. The molecule has 0 saturated heterocycles. The zero-order valence-corrected chi connectivity index (χ0v) is 17.3. The minimum atomic E-state index is -2.57. The molecule has 0 aliphatic heterocycles. The van der Waals surface area contributed by atoms with Crippen molar-refractivity contribution in [1.29, 1.82) is 0 Å². The predicted molar refractivity (Wildman–Crippen MR) is 112 cm³/mol. The van der Waals surface area contributed by atoms with Crippen LogP contribution in [-0.2, 0) is 4.74 Å². The standard InChI is InChI=1S/C22H31F2N3O2/c1-13-5-6-18(12-20(13)21(23)24)27-22(28)26-17-7-9-19(10-8-17)29-16(4)14(2)11-15(3)25/h5-6,11-12,14,17,19,21H,4,7-10,25H2,1-3H3,(H2,26,27,28)/b15-11-/t14-,17?,19?/m0/s1. The summed E-state index contributed by atoms with van der Waals surface area (Å²) in [4.78, 5) is 12.2. The highest BCUT2D eigenvalue weighted by Crippen LogP contribution is 2.27. The van der Waals surface area contributed by atoms with Gasteiger partial charge in [0.2, 0.25) is 0 Å². The number of amides is 2. The molecule has 1 aliphatic rings. The highest BCUT2D eigenvalue weighted by Gasteiger charge is 2.24. The Bertz CT molecular complexity index is 752. The number of nitrogens with one attached hydrogen (secondary N) is 2. The number of rotatable bonds is 7. The van der Waals surface area contributed by atoms with E-state index < -0.39 is 6.43 Å². The fourth-order valence-corrected chi connectivity index (χ4v) is 3.44. The molecule has 1 aliphatic carbocycles. The third-order valence-electron chi connectivity index (χ3n) is 5.12. The van der Waals surface area contributed by atoms with Crippen LogP contribution in [-0.4, -0.2) is 18.2 Å². The molecular formula is C22H31F2N3O2. The number of hydrogen-bond acceptors (Lipinski definition) is 3. The SMILES string of the molecule is C=C(OC1CCC(NC(=O)Nc2ccc(C)c(C(F)F)c2)CC1)[C@@H](C)/C=C(/C)N. The van der Waals surface area contributed by atoms with Gasteiger partial charge in [-0.25, -0.2) is 13.6 Å². The van der Waals surface area contributed by atoms with Gasteiger partial charge in [-0.1, -0.05) is 25.6 Å². The van der Waals surface area contributed by atoms with Gasteiger partial charge in [0.1, 0.15) is 0 Å². The van der Waals surface area contributed by atoms with Crippen molar-refractivity contribution in [3.05, 3.63) is 53.4 Å². The fraction of sp³-hybridized carbons (Fsp3) is 0.500. The number of carbonyl (C=O) groups excluding carboxylic acids is 1. The van der Waals surface area contributed by atoms with Crippen LogP contribution in [0.3, 0.4) is 0 Å². The summed E-state index contributed by atoms with van der Waals surface area (Å²) in [6.07, 6.45) is 2.58. The number of benzene rings is 1. The Hall–Kier alpha value is -2.57. The number of hydrogen-bond donors (Lipinski definition) is 3.